The van der Waals surface area contributed by atoms with E-state index in [1.807, 2.05) is 80.6 Å². The van der Waals surface area contributed by atoms with Crippen LogP contribution in [0.4, 0.5) is 0 Å². The van der Waals surface area contributed by atoms with Gasteiger partial charge in [0.05, 0.1) is 35.1 Å². The molecule has 0 bridgehead atoms. The first-order valence-electron chi connectivity index (χ1n) is 13.7. The maximum absolute atomic E-state index is 13.9. The fraction of sp³-hybridized carbons (Fsp3) is 0.242. The standard InChI is InChI=1S/C33H31ClN2O5S/c1-5-39-27-17-22(13-16-26(27)41-19-24-9-7-8-10-25(24)34)18-28-31(37)36-30(23-14-11-20(3)12-15-23)29(32(38)40-6-2)21(4)35-33(36)42-28/h7-18,30H,5-6,19H2,1-4H3. The molecule has 0 radical (unpaired) electrons. The van der Waals surface area contributed by atoms with E-state index in [-0.39, 0.29) is 12.2 Å². The van der Waals surface area contributed by atoms with Crippen molar-refractivity contribution in [1.82, 2.24) is 4.57 Å². The summed E-state index contributed by atoms with van der Waals surface area (Å²) in [5.74, 6) is 0.654. The van der Waals surface area contributed by atoms with Crippen LogP contribution in [0.15, 0.2) is 87.8 Å². The van der Waals surface area contributed by atoms with Gasteiger partial charge in [0.25, 0.3) is 5.56 Å². The number of aromatic nitrogens is 1. The number of esters is 1. The third kappa shape index (κ3) is 6.05. The van der Waals surface area contributed by atoms with Gasteiger partial charge >= 0.3 is 5.97 Å². The molecule has 2 heterocycles. The molecular weight excluding hydrogens is 572 g/mol. The Hall–Kier alpha value is -4.14. The molecule has 1 aromatic heterocycles. The third-order valence-corrected chi connectivity index (χ3v) is 8.17. The molecule has 9 heteroatoms. The molecule has 3 aromatic carbocycles. The van der Waals surface area contributed by atoms with Crippen LogP contribution in [0, 0.1) is 6.92 Å². The number of aryl methyl sites for hydroxylation is 1. The monoisotopic (exact) mass is 602 g/mol. The van der Waals surface area contributed by atoms with Crippen LogP contribution in [-0.4, -0.2) is 23.8 Å². The molecule has 1 unspecified atom stereocenters. The highest BCUT2D eigenvalue weighted by atomic mass is 35.5. The van der Waals surface area contributed by atoms with Crippen LogP contribution in [0.25, 0.3) is 6.08 Å². The van der Waals surface area contributed by atoms with Crippen LogP contribution in [0.2, 0.25) is 5.02 Å². The number of carbonyl (C=O) groups is 1. The number of halogens is 1. The lowest BCUT2D eigenvalue weighted by Crippen LogP contribution is -2.39. The quantitative estimate of drug-likeness (QED) is 0.228. The van der Waals surface area contributed by atoms with E-state index in [2.05, 4.69) is 4.99 Å². The second kappa shape index (κ2) is 12.8. The van der Waals surface area contributed by atoms with Gasteiger partial charge in [0, 0.05) is 10.6 Å². The molecule has 0 fully saturated rings. The Morgan fingerprint density at radius 2 is 1.76 bits per heavy atom. The van der Waals surface area contributed by atoms with Crippen LogP contribution < -0.4 is 24.4 Å². The van der Waals surface area contributed by atoms with Crippen molar-refractivity contribution >= 4 is 35.0 Å². The highest BCUT2D eigenvalue weighted by Crippen LogP contribution is 2.32. The van der Waals surface area contributed by atoms with Crippen LogP contribution >= 0.6 is 22.9 Å². The third-order valence-electron chi connectivity index (χ3n) is 6.82. The predicted molar refractivity (Wildman–Crippen MR) is 165 cm³/mol. The number of nitrogens with zero attached hydrogens (tertiary/aromatic N) is 2. The lowest BCUT2D eigenvalue weighted by atomic mass is 9.95. The van der Waals surface area contributed by atoms with Gasteiger partial charge in [0.2, 0.25) is 0 Å². The summed E-state index contributed by atoms with van der Waals surface area (Å²) >= 11 is 7.57. The largest absolute Gasteiger partial charge is 0.490 e. The van der Waals surface area contributed by atoms with Crippen LogP contribution in [0.5, 0.6) is 11.5 Å². The fourth-order valence-electron chi connectivity index (χ4n) is 4.78. The molecular formula is C33H31ClN2O5S. The van der Waals surface area contributed by atoms with Gasteiger partial charge in [0.15, 0.2) is 16.3 Å². The Balaban J connectivity index is 1.55. The molecule has 0 aliphatic carbocycles. The number of hydrogen-bond acceptors (Lipinski definition) is 7. The summed E-state index contributed by atoms with van der Waals surface area (Å²) in [7, 11) is 0. The fourth-order valence-corrected chi connectivity index (χ4v) is 6.02. The zero-order valence-electron chi connectivity index (χ0n) is 23.8. The van der Waals surface area contributed by atoms with E-state index in [9.17, 15) is 9.59 Å². The number of hydrogen-bond donors (Lipinski definition) is 0. The Kier molecular flexibility index (Phi) is 8.94. The molecule has 1 aliphatic heterocycles. The molecule has 216 valence electrons. The summed E-state index contributed by atoms with van der Waals surface area (Å²) < 4.78 is 19.4. The van der Waals surface area contributed by atoms with Crippen molar-refractivity contribution in [2.75, 3.05) is 13.2 Å². The van der Waals surface area contributed by atoms with Gasteiger partial charge in [-0.2, -0.15) is 0 Å². The maximum atomic E-state index is 13.9. The number of benzene rings is 3. The Morgan fingerprint density at radius 1 is 1.00 bits per heavy atom. The van der Waals surface area contributed by atoms with Gasteiger partial charge in [-0.3, -0.25) is 9.36 Å². The summed E-state index contributed by atoms with van der Waals surface area (Å²) in [6.45, 7) is 8.39. The molecule has 0 N–H and O–H groups in total. The molecule has 0 saturated carbocycles. The topological polar surface area (TPSA) is 79.1 Å². The minimum Gasteiger partial charge on any atom is -0.490 e. The van der Waals surface area contributed by atoms with Crippen molar-refractivity contribution in [3.8, 4) is 11.5 Å². The first-order valence-corrected chi connectivity index (χ1v) is 14.9. The minimum atomic E-state index is -0.650. The molecule has 7 nitrogen and oxygen atoms in total. The van der Waals surface area contributed by atoms with E-state index in [0.717, 1.165) is 22.3 Å². The summed E-state index contributed by atoms with van der Waals surface area (Å²) in [5, 5.41) is 0.632. The van der Waals surface area contributed by atoms with Crippen LogP contribution in [0.3, 0.4) is 0 Å². The summed E-state index contributed by atoms with van der Waals surface area (Å²) in [5.41, 5.74) is 4.17. The zero-order chi connectivity index (χ0) is 29.8. The molecule has 4 aromatic rings. The minimum absolute atomic E-state index is 0.223. The first-order chi connectivity index (χ1) is 20.3. The molecule has 42 heavy (non-hydrogen) atoms. The molecule has 0 amide bonds. The number of fused-ring (bicyclic) bond motifs is 1. The summed E-state index contributed by atoms with van der Waals surface area (Å²) in [4.78, 5) is 32.2. The average Bonchev–Trinajstić information content (AvgIpc) is 3.27. The van der Waals surface area contributed by atoms with E-state index < -0.39 is 12.0 Å². The second-order valence-electron chi connectivity index (χ2n) is 9.73. The first kappa shape index (κ1) is 29.4. The van der Waals surface area contributed by atoms with E-state index in [1.54, 1.807) is 24.5 Å². The number of thiazole rings is 1. The number of rotatable bonds is 9. The number of carbonyl (C=O) groups excluding carboxylic acids is 1. The highest BCUT2D eigenvalue weighted by Gasteiger charge is 2.33. The van der Waals surface area contributed by atoms with Crippen molar-refractivity contribution in [1.29, 1.82) is 0 Å². The van der Waals surface area contributed by atoms with Gasteiger partial charge in [0.1, 0.15) is 6.61 Å². The van der Waals surface area contributed by atoms with Gasteiger partial charge in [-0.05, 0) is 63.1 Å². The molecule has 0 saturated heterocycles. The van der Waals surface area contributed by atoms with Gasteiger partial charge in [-0.15, -0.1) is 0 Å². The smallest absolute Gasteiger partial charge is 0.338 e. The number of allylic oxidation sites excluding steroid dienone is 1. The lowest BCUT2D eigenvalue weighted by molar-refractivity contribution is -0.139. The Bertz CT molecular complexity index is 1840. The SMILES string of the molecule is CCOC(=O)C1=C(C)N=c2sc(=Cc3ccc(OCc4ccccc4Cl)c(OCC)c3)c(=O)n2C1c1ccc(C)cc1. The molecule has 1 atom stereocenters. The van der Waals surface area contributed by atoms with Crippen molar-refractivity contribution in [2.24, 2.45) is 4.99 Å². The normalized spacial score (nSPS) is 14.8. The maximum Gasteiger partial charge on any atom is 0.338 e. The van der Waals surface area contributed by atoms with Crippen LogP contribution in [0.1, 0.15) is 49.1 Å². The van der Waals surface area contributed by atoms with Crippen molar-refractivity contribution in [3.63, 3.8) is 0 Å². The van der Waals surface area contributed by atoms with E-state index in [4.69, 9.17) is 25.8 Å². The van der Waals surface area contributed by atoms with Gasteiger partial charge in [-0.25, -0.2) is 9.79 Å². The predicted octanol–water partition coefficient (Wildman–Crippen LogP) is 5.74. The van der Waals surface area contributed by atoms with Crippen molar-refractivity contribution in [3.05, 3.63) is 125 Å². The van der Waals surface area contributed by atoms with Gasteiger partial charge in [-0.1, -0.05) is 77.0 Å². The van der Waals surface area contributed by atoms with E-state index >= 15 is 0 Å². The van der Waals surface area contributed by atoms with Crippen molar-refractivity contribution < 1.29 is 19.0 Å². The zero-order valence-corrected chi connectivity index (χ0v) is 25.4. The molecule has 1 aliphatic rings. The molecule has 5 rings (SSSR count). The average molecular weight is 603 g/mol. The van der Waals surface area contributed by atoms with E-state index in [1.165, 1.54) is 11.3 Å². The lowest BCUT2D eigenvalue weighted by Gasteiger charge is -2.24. The summed E-state index contributed by atoms with van der Waals surface area (Å²) in [6, 6.07) is 20.2. The Morgan fingerprint density at radius 3 is 2.48 bits per heavy atom. The molecule has 0 spiro atoms. The van der Waals surface area contributed by atoms with Crippen molar-refractivity contribution in [2.45, 2.75) is 40.3 Å². The second-order valence-corrected chi connectivity index (χ2v) is 11.1. The van der Waals surface area contributed by atoms with Crippen LogP contribution in [-0.2, 0) is 16.1 Å². The Labute approximate surface area is 253 Å². The number of ether oxygens (including phenoxy) is 3. The summed E-state index contributed by atoms with van der Waals surface area (Å²) in [6.07, 6.45) is 1.81. The van der Waals surface area contributed by atoms with Gasteiger partial charge < -0.3 is 14.2 Å². The highest BCUT2D eigenvalue weighted by molar-refractivity contribution is 7.07. The van der Waals surface area contributed by atoms with E-state index in [0.29, 0.717) is 50.3 Å².